The van der Waals surface area contributed by atoms with E-state index in [0.29, 0.717) is 52.4 Å². The fourth-order valence-electron chi connectivity index (χ4n) is 4.36. The summed E-state index contributed by atoms with van der Waals surface area (Å²) in [7, 11) is 1.66. The number of carbonyl (C=O) groups is 2. The number of hydrogen-bond donors (Lipinski definition) is 0. The molecule has 2 aromatic carbocycles. The summed E-state index contributed by atoms with van der Waals surface area (Å²) in [6.07, 6.45) is 0. The first-order chi connectivity index (χ1) is 16.5. The van der Waals surface area contributed by atoms with Crippen molar-refractivity contribution in [3.05, 3.63) is 54.3 Å². The van der Waals surface area contributed by atoms with Crippen LogP contribution in [-0.2, 0) is 14.3 Å². The second kappa shape index (κ2) is 11.2. The number of amides is 2. The van der Waals surface area contributed by atoms with E-state index in [0.717, 1.165) is 17.1 Å². The molecule has 2 aliphatic rings. The first-order valence-corrected chi connectivity index (χ1v) is 11.6. The summed E-state index contributed by atoms with van der Waals surface area (Å²) < 4.78 is 24.0. The molecule has 2 saturated heterocycles. The number of benzene rings is 2. The molecule has 4 rings (SSSR count). The largest absolute Gasteiger partial charge is 0.495 e. The van der Waals surface area contributed by atoms with Crippen LogP contribution in [0.25, 0.3) is 0 Å². The second-order valence-electron chi connectivity index (χ2n) is 8.38. The van der Waals surface area contributed by atoms with Crippen LogP contribution in [0.3, 0.4) is 0 Å². The molecule has 0 atom stereocenters. The number of hydrogen-bond acceptors (Lipinski definition) is 6. The van der Waals surface area contributed by atoms with Crippen LogP contribution in [0.4, 0.5) is 15.8 Å². The SMILES string of the molecule is COc1ccccc1N1CCN(C(=O)COCC(=O)N2CCN(c3ccc(F)cc3)CC2)CC1. The Morgan fingerprint density at radius 3 is 1.85 bits per heavy atom. The van der Waals surface area contributed by atoms with E-state index in [1.165, 1.54) is 12.1 Å². The zero-order chi connectivity index (χ0) is 23.9. The molecule has 34 heavy (non-hydrogen) atoms. The van der Waals surface area contributed by atoms with Crippen LogP contribution in [0.15, 0.2) is 48.5 Å². The van der Waals surface area contributed by atoms with Crippen LogP contribution in [0, 0.1) is 5.82 Å². The third-order valence-corrected chi connectivity index (χ3v) is 6.33. The average Bonchev–Trinajstić information content (AvgIpc) is 2.89. The van der Waals surface area contributed by atoms with Gasteiger partial charge in [-0.25, -0.2) is 4.39 Å². The van der Waals surface area contributed by atoms with Crippen molar-refractivity contribution >= 4 is 23.2 Å². The predicted molar refractivity (Wildman–Crippen MR) is 128 cm³/mol. The Bertz CT molecular complexity index is 971. The van der Waals surface area contributed by atoms with Gasteiger partial charge in [0, 0.05) is 58.0 Å². The highest BCUT2D eigenvalue weighted by molar-refractivity contribution is 5.80. The molecule has 0 spiro atoms. The highest BCUT2D eigenvalue weighted by Gasteiger charge is 2.24. The Morgan fingerprint density at radius 2 is 1.29 bits per heavy atom. The normalized spacial score (nSPS) is 16.5. The average molecular weight is 471 g/mol. The number of nitrogens with zero attached hydrogens (tertiary/aromatic N) is 4. The third-order valence-electron chi connectivity index (χ3n) is 6.33. The molecule has 2 aliphatic heterocycles. The van der Waals surface area contributed by atoms with Crippen molar-refractivity contribution < 1.29 is 23.5 Å². The Kier molecular flexibility index (Phi) is 7.84. The minimum atomic E-state index is -0.262. The van der Waals surface area contributed by atoms with E-state index in [1.807, 2.05) is 24.3 Å². The van der Waals surface area contributed by atoms with Crippen LogP contribution in [-0.4, -0.2) is 94.3 Å². The number of halogens is 1. The van der Waals surface area contributed by atoms with E-state index in [-0.39, 0.29) is 30.8 Å². The highest BCUT2D eigenvalue weighted by Crippen LogP contribution is 2.28. The summed E-state index contributed by atoms with van der Waals surface area (Å²) in [5, 5.41) is 0. The number of carbonyl (C=O) groups excluding carboxylic acids is 2. The fraction of sp³-hybridized carbons (Fsp3) is 0.440. The summed E-state index contributed by atoms with van der Waals surface area (Å²) in [5.41, 5.74) is 1.97. The van der Waals surface area contributed by atoms with Gasteiger partial charge in [-0.05, 0) is 36.4 Å². The Labute approximate surface area is 199 Å². The molecule has 2 fully saturated rings. The summed E-state index contributed by atoms with van der Waals surface area (Å²) in [6.45, 7) is 4.89. The molecule has 0 N–H and O–H groups in total. The standard InChI is InChI=1S/C25H31FN4O4/c1-33-23-5-3-2-4-22(23)28-12-16-30(17-13-28)25(32)19-34-18-24(31)29-14-10-27(11-15-29)21-8-6-20(26)7-9-21/h2-9H,10-19H2,1H3. The molecule has 8 nitrogen and oxygen atoms in total. The van der Waals surface area contributed by atoms with Crippen LogP contribution in [0.5, 0.6) is 5.75 Å². The minimum absolute atomic E-state index is 0.101. The summed E-state index contributed by atoms with van der Waals surface area (Å²) >= 11 is 0. The maximum absolute atomic E-state index is 13.1. The lowest BCUT2D eigenvalue weighted by Gasteiger charge is -2.37. The zero-order valence-electron chi connectivity index (χ0n) is 19.5. The summed E-state index contributed by atoms with van der Waals surface area (Å²) in [6, 6.07) is 14.2. The van der Waals surface area contributed by atoms with Crippen LogP contribution < -0.4 is 14.5 Å². The van der Waals surface area contributed by atoms with E-state index < -0.39 is 0 Å². The monoisotopic (exact) mass is 470 g/mol. The smallest absolute Gasteiger partial charge is 0.248 e. The number of rotatable bonds is 7. The molecule has 0 bridgehead atoms. The molecule has 182 valence electrons. The molecule has 9 heteroatoms. The maximum Gasteiger partial charge on any atom is 0.248 e. The van der Waals surface area contributed by atoms with Gasteiger partial charge in [-0.2, -0.15) is 0 Å². The van der Waals surface area contributed by atoms with Gasteiger partial charge in [0.05, 0.1) is 12.8 Å². The van der Waals surface area contributed by atoms with Gasteiger partial charge in [-0.1, -0.05) is 12.1 Å². The molecule has 0 saturated carbocycles. The van der Waals surface area contributed by atoms with E-state index in [2.05, 4.69) is 9.80 Å². The van der Waals surface area contributed by atoms with E-state index in [1.54, 1.807) is 29.0 Å². The fourth-order valence-corrected chi connectivity index (χ4v) is 4.36. The van der Waals surface area contributed by atoms with Gasteiger partial charge in [-0.15, -0.1) is 0 Å². The molecule has 0 aromatic heterocycles. The number of para-hydroxylation sites is 2. The van der Waals surface area contributed by atoms with Gasteiger partial charge in [0.15, 0.2) is 0 Å². The Hall–Kier alpha value is -3.33. The Morgan fingerprint density at radius 1 is 0.765 bits per heavy atom. The molecular formula is C25H31FN4O4. The van der Waals surface area contributed by atoms with Crippen molar-refractivity contribution in [2.45, 2.75) is 0 Å². The number of ether oxygens (including phenoxy) is 2. The van der Waals surface area contributed by atoms with Gasteiger partial charge in [0.2, 0.25) is 11.8 Å². The van der Waals surface area contributed by atoms with Crippen molar-refractivity contribution in [1.82, 2.24) is 9.80 Å². The topological polar surface area (TPSA) is 65.6 Å². The molecule has 2 amide bonds. The molecule has 2 aromatic rings. The Balaban J connectivity index is 1.15. The van der Waals surface area contributed by atoms with Crippen molar-refractivity contribution in [2.24, 2.45) is 0 Å². The molecule has 0 radical (unpaired) electrons. The zero-order valence-corrected chi connectivity index (χ0v) is 19.5. The lowest BCUT2D eigenvalue weighted by Crippen LogP contribution is -2.51. The van der Waals surface area contributed by atoms with Crippen molar-refractivity contribution in [1.29, 1.82) is 0 Å². The number of methoxy groups -OCH3 is 1. The van der Waals surface area contributed by atoms with Crippen molar-refractivity contribution in [3.8, 4) is 5.75 Å². The maximum atomic E-state index is 13.1. The van der Waals surface area contributed by atoms with Gasteiger partial charge < -0.3 is 29.1 Å². The van der Waals surface area contributed by atoms with Crippen molar-refractivity contribution in [2.75, 3.05) is 82.5 Å². The molecule has 0 aliphatic carbocycles. The van der Waals surface area contributed by atoms with Crippen LogP contribution in [0.2, 0.25) is 0 Å². The summed E-state index contributed by atoms with van der Waals surface area (Å²) in [5.74, 6) is 0.339. The number of piperazine rings is 2. The molecule has 0 unspecified atom stereocenters. The van der Waals surface area contributed by atoms with E-state index >= 15 is 0 Å². The lowest BCUT2D eigenvalue weighted by atomic mass is 10.2. The lowest BCUT2D eigenvalue weighted by molar-refractivity contribution is -0.142. The molecular weight excluding hydrogens is 439 g/mol. The first kappa shape index (κ1) is 23.8. The quantitative estimate of drug-likeness (QED) is 0.616. The van der Waals surface area contributed by atoms with E-state index in [9.17, 15) is 14.0 Å². The third kappa shape index (κ3) is 5.77. The van der Waals surface area contributed by atoms with E-state index in [4.69, 9.17) is 9.47 Å². The van der Waals surface area contributed by atoms with Gasteiger partial charge >= 0.3 is 0 Å². The van der Waals surface area contributed by atoms with Crippen molar-refractivity contribution in [3.63, 3.8) is 0 Å². The van der Waals surface area contributed by atoms with Crippen LogP contribution >= 0.6 is 0 Å². The number of anilines is 2. The highest BCUT2D eigenvalue weighted by atomic mass is 19.1. The summed E-state index contributed by atoms with van der Waals surface area (Å²) in [4.78, 5) is 32.9. The predicted octanol–water partition coefficient (Wildman–Crippen LogP) is 1.85. The van der Waals surface area contributed by atoms with Gasteiger partial charge in [-0.3, -0.25) is 9.59 Å². The first-order valence-electron chi connectivity index (χ1n) is 11.6. The van der Waals surface area contributed by atoms with Gasteiger partial charge in [0.1, 0.15) is 24.8 Å². The van der Waals surface area contributed by atoms with Crippen LogP contribution in [0.1, 0.15) is 0 Å². The molecule has 2 heterocycles. The van der Waals surface area contributed by atoms with Gasteiger partial charge in [0.25, 0.3) is 0 Å². The second-order valence-corrected chi connectivity index (χ2v) is 8.38. The minimum Gasteiger partial charge on any atom is -0.495 e.